The number of aryl methyl sites for hydroxylation is 1. The van der Waals surface area contributed by atoms with Crippen LogP contribution in [-0.2, 0) is 0 Å². The van der Waals surface area contributed by atoms with Crippen LogP contribution in [0.15, 0.2) is 18.3 Å². The SMILES string of the molecule is Cc1cnc2c(F)cc(F)cc2n1. The third-order valence-corrected chi connectivity index (χ3v) is 1.69. The van der Waals surface area contributed by atoms with Crippen LogP contribution in [0, 0.1) is 18.6 Å². The van der Waals surface area contributed by atoms with E-state index in [9.17, 15) is 8.78 Å². The highest BCUT2D eigenvalue weighted by Gasteiger charge is 2.05. The minimum atomic E-state index is -0.678. The van der Waals surface area contributed by atoms with E-state index in [4.69, 9.17) is 0 Å². The number of aromatic nitrogens is 2. The Morgan fingerprint density at radius 1 is 1.23 bits per heavy atom. The van der Waals surface area contributed by atoms with E-state index in [-0.39, 0.29) is 11.0 Å². The third-order valence-electron chi connectivity index (χ3n) is 1.69. The van der Waals surface area contributed by atoms with Gasteiger partial charge in [-0.3, -0.25) is 0 Å². The lowest BCUT2D eigenvalue weighted by Crippen LogP contribution is -1.91. The van der Waals surface area contributed by atoms with Crippen molar-refractivity contribution in [2.24, 2.45) is 0 Å². The smallest absolute Gasteiger partial charge is 0.153 e. The number of hydrogen-bond donors (Lipinski definition) is 0. The lowest BCUT2D eigenvalue weighted by atomic mass is 10.2. The summed E-state index contributed by atoms with van der Waals surface area (Å²) in [6.45, 7) is 1.72. The van der Waals surface area contributed by atoms with Gasteiger partial charge in [-0.05, 0) is 6.92 Å². The Hall–Kier alpha value is -1.58. The van der Waals surface area contributed by atoms with E-state index in [0.29, 0.717) is 5.69 Å². The summed E-state index contributed by atoms with van der Waals surface area (Å²) >= 11 is 0. The zero-order chi connectivity index (χ0) is 9.42. The van der Waals surface area contributed by atoms with E-state index in [1.54, 1.807) is 6.92 Å². The molecule has 0 aliphatic rings. The molecule has 1 aromatic heterocycles. The van der Waals surface area contributed by atoms with Gasteiger partial charge in [0.1, 0.15) is 11.3 Å². The van der Waals surface area contributed by atoms with Crippen molar-refractivity contribution in [3.05, 3.63) is 35.7 Å². The van der Waals surface area contributed by atoms with E-state index in [0.717, 1.165) is 6.07 Å². The van der Waals surface area contributed by atoms with Gasteiger partial charge in [0.15, 0.2) is 5.82 Å². The highest BCUT2D eigenvalue weighted by atomic mass is 19.1. The molecule has 0 saturated carbocycles. The molecule has 13 heavy (non-hydrogen) atoms. The second kappa shape index (κ2) is 2.73. The van der Waals surface area contributed by atoms with Crippen LogP contribution in [0.4, 0.5) is 8.78 Å². The fourth-order valence-electron chi connectivity index (χ4n) is 1.14. The molecule has 0 amide bonds. The van der Waals surface area contributed by atoms with Gasteiger partial charge in [0, 0.05) is 18.3 Å². The largest absolute Gasteiger partial charge is 0.250 e. The van der Waals surface area contributed by atoms with Crippen LogP contribution in [0.5, 0.6) is 0 Å². The third kappa shape index (κ3) is 1.35. The average Bonchev–Trinajstić information content (AvgIpc) is 2.02. The quantitative estimate of drug-likeness (QED) is 0.621. The highest BCUT2D eigenvalue weighted by Crippen LogP contribution is 2.15. The number of hydrogen-bond acceptors (Lipinski definition) is 2. The molecule has 2 aromatic rings. The van der Waals surface area contributed by atoms with Crippen molar-refractivity contribution in [1.29, 1.82) is 0 Å². The van der Waals surface area contributed by atoms with Crippen molar-refractivity contribution in [2.45, 2.75) is 6.92 Å². The van der Waals surface area contributed by atoms with Crippen LogP contribution in [-0.4, -0.2) is 9.97 Å². The maximum absolute atomic E-state index is 13.0. The van der Waals surface area contributed by atoms with Gasteiger partial charge in [0.05, 0.1) is 11.2 Å². The summed E-state index contributed by atoms with van der Waals surface area (Å²) in [7, 11) is 0. The molecule has 0 radical (unpaired) electrons. The summed E-state index contributed by atoms with van der Waals surface area (Å²) in [6, 6.07) is 1.96. The Kier molecular flexibility index (Phi) is 1.69. The molecule has 2 nitrogen and oxygen atoms in total. The minimum Gasteiger partial charge on any atom is -0.250 e. The van der Waals surface area contributed by atoms with Gasteiger partial charge >= 0.3 is 0 Å². The van der Waals surface area contributed by atoms with Gasteiger partial charge in [0.25, 0.3) is 0 Å². The second-order valence-corrected chi connectivity index (χ2v) is 2.77. The first kappa shape index (κ1) is 8.04. The van der Waals surface area contributed by atoms with Crippen molar-refractivity contribution in [2.75, 3.05) is 0 Å². The lowest BCUT2D eigenvalue weighted by Gasteiger charge is -1.98. The fourth-order valence-corrected chi connectivity index (χ4v) is 1.14. The maximum Gasteiger partial charge on any atom is 0.153 e. The summed E-state index contributed by atoms with van der Waals surface area (Å²) in [5, 5.41) is 0. The first-order chi connectivity index (χ1) is 6.16. The Balaban J connectivity index is 2.86. The fraction of sp³-hybridized carbons (Fsp3) is 0.111. The molecule has 0 N–H and O–H groups in total. The standard InChI is InChI=1S/C9H6F2N2/c1-5-4-12-9-7(11)2-6(10)3-8(9)13-5/h2-4H,1H3. The van der Waals surface area contributed by atoms with E-state index < -0.39 is 11.6 Å². The van der Waals surface area contributed by atoms with Crippen LogP contribution in [0.3, 0.4) is 0 Å². The first-order valence-corrected chi connectivity index (χ1v) is 3.75. The molecular weight excluding hydrogens is 174 g/mol. The van der Waals surface area contributed by atoms with Crippen LogP contribution >= 0.6 is 0 Å². The Morgan fingerprint density at radius 2 is 2.00 bits per heavy atom. The summed E-state index contributed by atoms with van der Waals surface area (Å²) in [5.41, 5.74) is 0.988. The van der Waals surface area contributed by atoms with Crippen molar-refractivity contribution in [3.8, 4) is 0 Å². The van der Waals surface area contributed by atoms with Crippen LogP contribution in [0.25, 0.3) is 11.0 Å². The van der Waals surface area contributed by atoms with E-state index in [1.165, 1.54) is 12.3 Å². The second-order valence-electron chi connectivity index (χ2n) is 2.77. The number of benzene rings is 1. The van der Waals surface area contributed by atoms with Crippen LogP contribution < -0.4 is 0 Å². The molecule has 0 saturated heterocycles. The molecule has 0 spiro atoms. The van der Waals surface area contributed by atoms with Gasteiger partial charge in [-0.2, -0.15) is 0 Å². The molecule has 1 aromatic carbocycles. The molecule has 4 heteroatoms. The molecule has 0 fully saturated rings. The number of rotatable bonds is 0. The Labute approximate surface area is 73.2 Å². The van der Waals surface area contributed by atoms with E-state index in [2.05, 4.69) is 9.97 Å². The predicted octanol–water partition coefficient (Wildman–Crippen LogP) is 2.22. The van der Waals surface area contributed by atoms with Gasteiger partial charge in [-0.15, -0.1) is 0 Å². The maximum atomic E-state index is 13.0. The number of nitrogens with zero attached hydrogens (tertiary/aromatic N) is 2. The number of fused-ring (bicyclic) bond motifs is 1. The molecule has 0 aliphatic carbocycles. The van der Waals surface area contributed by atoms with Gasteiger partial charge in [-0.25, -0.2) is 18.7 Å². The van der Waals surface area contributed by atoms with E-state index >= 15 is 0 Å². The zero-order valence-corrected chi connectivity index (χ0v) is 6.88. The molecule has 2 rings (SSSR count). The minimum absolute atomic E-state index is 0.104. The molecule has 0 atom stereocenters. The normalized spacial score (nSPS) is 10.7. The summed E-state index contributed by atoms with van der Waals surface area (Å²) in [5.74, 6) is -1.31. The molecule has 0 bridgehead atoms. The van der Waals surface area contributed by atoms with Crippen molar-refractivity contribution in [1.82, 2.24) is 9.97 Å². The Morgan fingerprint density at radius 3 is 2.77 bits per heavy atom. The van der Waals surface area contributed by atoms with Crippen LogP contribution in [0.1, 0.15) is 5.69 Å². The summed E-state index contributed by atoms with van der Waals surface area (Å²) < 4.78 is 25.8. The molecule has 0 unspecified atom stereocenters. The van der Waals surface area contributed by atoms with Crippen LogP contribution in [0.2, 0.25) is 0 Å². The molecule has 1 heterocycles. The predicted molar refractivity (Wildman–Crippen MR) is 44.2 cm³/mol. The van der Waals surface area contributed by atoms with Gasteiger partial charge in [0.2, 0.25) is 0 Å². The monoisotopic (exact) mass is 180 g/mol. The first-order valence-electron chi connectivity index (χ1n) is 3.75. The van der Waals surface area contributed by atoms with Crippen molar-refractivity contribution < 1.29 is 8.78 Å². The van der Waals surface area contributed by atoms with Gasteiger partial charge in [-0.1, -0.05) is 0 Å². The summed E-state index contributed by atoms with van der Waals surface area (Å²) in [4.78, 5) is 7.77. The molecule has 66 valence electrons. The summed E-state index contributed by atoms with van der Waals surface area (Å²) in [6.07, 6.45) is 1.45. The Bertz CT molecular complexity index is 463. The lowest BCUT2D eigenvalue weighted by molar-refractivity contribution is 0.589. The molecule has 0 aliphatic heterocycles. The average molecular weight is 180 g/mol. The highest BCUT2D eigenvalue weighted by molar-refractivity contribution is 5.74. The zero-order valence-electron chi connectivity index (χ0n) is 6.88. The van der Waals surface area contributed by atoms with Crippen molar-refractivity contribution >= 4 is 11.0 Å². The molecular formula is C9H6F2N2. The van der Waals surface area contributed by atoms with Gasteiger partial charge < -0.3 is 0 Å². The number of halogens is 2. The van der Waals surface area contributed by atoms with Crippen molar-refractivity contribution in [3.63, 3.8) is 0 Å². The van der Waals surface area contributed by atoms with E-state index in [1.807, 2.05) is 0 Å². The topological polar surface area (TPSA) is 25.8 Å².